The maximum absolute atomic E-state index is 14.1. The van der Waals surface area contributed by atoms with E-state index in [2.05, 4.69) is 4.72 Å². The molecule has 1 aliphatic carbocycles. The van der Waals surface area contributed by atoms with Crippen molar-refractivity contribution in [1.29, 1.82) is 0 Å². The number of nitrogens with one attached hydrogen (secondary N) is 1. The van der Waals surface area contributed by atoms with E-state index in [1.807, 2.05) is 11.8 Å². The number of rotatable bonds is 7. The molecule has 0 bridgehead atoms. The average Bonchev–Trinajstić information content (AvgIpc) is 3.60. The molecule has 0 radical (unpaired) electrons. The first kappa shape index (κ1) is 23.6. The Kier molecular flexibility index (Phi) is 5.92. The quantitative estimate of drug-likeness (QED) is 0.596. The Hall–Kier alpha value is -3.18. The molecule has 35 heavy (non-hydrogen) atoms. The zero-order valence-electron chi connectivity index (χ0n) is 19.2. The molecule has 5 rings (SSSR count). The predicted molar refractivity (Wildman–Crippen MR) is 124 cm³/mol. The fourth-order valence-corrected chi connectivity index (χ4v) is 6.17. The number of sulfonamides is 1. The minimum Gasteiger partial charge on any atom is -0.492 e. The Morgan fingerprint density at radius 3 is 2.77 bits per heavy atom. The summed E-state index contributed by atoms with van der Waals surface area (Å²) in [6.07, 6.45) is 0.918. The molecule has 3 aliphatic rings. The van der Waals surface area contributed by atoms with Crippen LogP contribution < -0.4 is 9.46 Å². The molecular formula is C24H26FN3O6S. The van der Waals surface area contributed by atoms with E-state index in [9.17, 15) is 27.5 Å². The molecule has 1 saturated carbocycles. The second-order valence-corrected chi connectivity index (χ2v) is 10.8. The average molecular weight is 504 g/mol. The normalized spacial score (nSPS) is 21.7. The second kappa shape index (κ2) is 8.80. The van der Waals surface area contributed by atoms with Gasteiger partial charge in [0.2, 0.25) is 5.91 Å². The van der Waals surface area contributed by atoms with Crippen LogP contribution in [0.15, 0.2) is 35.2 Å². The summed E-state index contributed by atoms with van der Waals surface area (Å²) in [5.41, 5.74) is 0.515. The second-order valence-electron chi connectivity index (χ2n) is 9.17. The van der Waals surface area contributed by atoms with Gasteiger partial charge in [-0.15, -0.1) is 0 Å². The maximum Gasteiger partial charge on any atom is 0.341 e. The number of nitrogens with zero attached hydrogens (tertiary/aromatic N) is 2. The van der Waals surface area contributed by atoms with Crippen molar-refractivity contribution in [3.8, 4) is 5.75 Å². The van der Waals surface area contributed by atoms with E-state index in [-0.39, 0.29) is 52.4 Å². The lowest BCUT2D eigenvalue weighted by Gasteiger charge is -2.34. The van der Waals surface area contributed by atoms with Crippen molar-refractivity contribution in [2.75, 3.05) is 37.5 Å². The van der Waals surface area contributed by atoms with Gasteiger partial charge in [-0.05, 0) is 54.3 Å². The van der Waals surface area contributed by atoms with Crippen LogP contribution in [0.2, 0.25) is 0 Å². The van der Waals surface area contributed by atoms with Crippen LogP contribution in [0, 0.1) is 11.7 Å². The van der Waals surface area contributed by atoms with Gasteiger partial charge in [0.05, 0.1) is 23.7 Å². The molecule has 1 amide bonds. The van der Waals surface area contributed by atoms with Crippen LogP contribution in [0.5, 0.6) is 5.75 Å². The van der Waals surface area contributed by atoms with E-state index in [0.717, 1.165) is 36.7 Å². The molecule has 2 aliphatic heterocycles. The fourth-order valence-electron chi connectivity index (χ4n) is 4.88. The summed E-state index contributed by atoms with van der Waals surface area (Å²) in [5.74, 6) is -1.32. The summed E-state index contributed by atoms with van der Waals surface area (Å²) in [6.45, 7) is 4.24. The van der Waals surface area contributed by atoms with Crippen LogP contribution in [0.25, 0.3) is 0 Å². The number of ether oxygens (including phenoxy) is 1. The number of halogens is 1. The lowest BCUT2D eigenvalue weighted by atomic mass is 10.0. The van der Waals surface area contributed by atoms with Crippen LogP contribution >= 0.6 is 0 Å². The molecule has 0 aromatic heterocycles. The number of likely N-dealkylation sites (N-methyl/N-ethyl adjacent to an activating group) is 1. The van der Waals surface area contributed by atoms with Crippen molar-refractivity contribution >= 4 is 27.6 Å². The van der Waals surface area contributed by atoms with Crippen molar-refractivity contribution in [2.45, 2.75) is 30.7 Å². The first-order valence-electron chi connectivity index (χ1n) is 11.5. The minimum atomic E-state index is -4.31. The number of carbonyl (C=O) groups is 2. The molecular weight excluding hydrogens is 477 g/mol. The number of hydrogen-bond acceptors (Lipinski definition) is 6. The summed E-state index contributed by atoms with van der Waals surface area (Å²) in [7, 11) is -4.31. The fraction of sp³-hybridized carbons (Fsp3) is 0.417. The highest BCUT2D eigenvalue weighted by molar-refractivity contribution is 7.92. The Morgan fingerprint density at radius 1 is 1.26 bits per heavy atom. The molecule has 0 spiro atoms. The number of aromatic carboxylic acids is 1. The third kappa shape index (κ3) is 4.45. The summed E-state index contributed by atoms with van der Waals surface area (Å²) < 4.78 is 48.9. The molecule has 2 N–H and O–H groups in total. The van der Waals surface area contributed by atoms with E-state index in [0.29, 0.717) is 25.6 Å². The number of hydrogen-bond donors (Lipinski definition) is 2. The number of fused-ring (bicyclic) bond motifs is 3. The largest absolute Gasteiger partial charge is 0.492 e. The Bertz CT molecular complexity index is 1310. The van der Waals surface area contributed by atoms with Gasteiger partial charge >= 0.3 is 5.97 Å². The smallest absolute Gasteiger partial charge is 0.341 e. The molecule has 186 valence electrons. The van der Waals surface area contributed by atoms with Gasteiger partial charge in [0.1, 0.15) is 17.1 Å². The highest BCUT2D eigenvalue weighted by atomic mass is 32.2. The van der Waals surface area contributed by atoms with Gasteiger partial charge in [0, 0.05) is 25.6 Å². The molecule has 2 aromatic carbocycles. The minimum absolute atomic E-state index is 0.0768. The summed E-state index contributed by atoms with van der Waals surface area (Å²) in [6, 6.07) is 6.37. The van der Waals surface area contributed by atoms with Crippen molar-refractivity contribution in [1.82, 2.24) is 9.80 Å². The van der Waals surface area contributed by atoms with Crippen LogP contribution in [-0.4, -0.2) is 68.0 Å². The zero-order chi connectivity index (χ0) is 24.9. The number of piperazine rings is 1. The molecule has 2 aromatic rings. The summed E-state index contributed by atoms with van der Waals surface area (Å²) in [4.78, 5) is 27.9. The molecule has 2 atom stereocenters. The van der Waals surface area contributed by atoms with Crippen molar-refractivity contribution in [3.05, 3.63) is 52.8 Å². The van der Waals surface area contributed by atoms with Gasteiger partial charge in [0.25, 0.3) is 10.0 Å². The van der Waals surface area contributed by atoms with E-state index in [4.69, 9.17) is 4.74 Å². The van der Waals surface area contributed by atoms with Crippen LogP contribution in [0.1, 0.15) is 40.7 Å². The topological polar surface area (TPSA) is 116 Å². The summed E-state index contributed by atoms with van der Waals surface area (Å²) in [5, 5.41) is 9.85. The third-order valence-electron chi connectivity index (χ3n) is 6.93. The number of amides is 1. The van der Waals surface area contributed by atoms with Crippen molar-refractivity contribution in [2.24, 2.45) is 5.92 Å². The predicted octanol–water partition coefficient (Wildman–Crippen LogP) is 2.48. The Labute approximate surface area is 202 Å². The van der Waals surface area contributed by atoms with E-state index in [1.165, 1.54) is 11.0 Å². The van der Waals surface area contributed by atoms with Gasteiger partial charge < -0.3 is 14.7 Å². The number of carboxylic acid groups (broad SMARTS) is 1. The standard InChI is InChI=1S/C24H26FN3O6S/c1-2-27-7-8-28(21(29)12-27)11-14-9-16(25)3-6-20(14)35(32,33)26-19-5-4-17-18-10-15(18)13-34-23(17)22(19)24(30)31/h3-6,9,15,18,26H,2,7-8,10-13H2,1H3,(H,30,31)/t15-,18-/m1/s1. The monoisotopic (exact) mass is 503 g/mol. The SMILES string of the molecule is CCN1CCN(Cc2cc(F)ccc2S(=O)(=O)Nc2ccc3c(c2C(=O)O)OC[C@H]2C[C@@H]32)C(=O)C1. The van der Waals surface area contributed by atoms with Crippen LogP contribution in [0.3, 0.4) is 0 Å². The van der Waals surface area contributed by atoms with Gasteiger partial charge in [-0.25, -0.2) is 17.6 Å². The first-order chi connectivity index (χ1) is 16.7. The van der Waals surface area contributed by atoms with Gasteiger partial charge in [0.15, 0.2) is 0 Å². The number of carboxylic acids is 1. The van der Waals surface area contributed by atoms with E-state index < -0.39 is 21.8 Å². The molecule has 1 saturated heterocycles. The Morgan fingerprint density at radius 2 is 2.06 bits per heavy atom. The van der Waals surface area contributed by atoms with Crippen molar-refractivity contribution < 1.29 is 32.2 Å². The van der Waals surface area contributed by atoms with Gasteiger partial charge in [-0.3, -0.25) is 14.4 Å². The molecule has 11 heteroatoms. The zero-order valence-corrected chi connectivity index (χ0v) is 20.0. The van der Waals surface area contributed by atoms with Gasteiger partial charge in [-0.2, -0.15) is 0 Å². The maximum atomic E-state index is 14.1. The highest BCUT2D eigenvalue weighted by Gasteiger charge is 2.45. The van der Waals surface area contributed by atoms with E-state index in [1.54, 1.807) is 6.07 Å². The molecule has 2 fully saturated rings. The summed E-state index contributed by atoms with van der Waals surface area (Å²) >= 11 is 0. The number of carbonyl (C=O) groups excluding carboxylic acids is 1. The Balaban J connectivity index is 1.46. The molecule has 9 nitrogen and oxygen atoms in total. The molecule has 2 heterocycles. The lowest BCUT2D eigenvalue weighted by Crippen LogP contribution is -2.49. The van der Waals surface area contributed by atoms with Crippen LogP contribution in [0.4, 0.5) is 10.1 Å². The third-order valence-corrected chi connectivity index (χ3v) is 8.39. The van der Waals surface area contributed by atoms with Crippen molar-refractivity contribution in [3.63, 3.8) is 0 Å². The van der Waals surface area contributed by atoms with Gasteiger partial charge in [-0.1, -0.05) is 13.0 Å². The van der Waals surface area contributed by atoms with E-state index >= 15 is 0 Å². The van der Waals surface area contributed by atoms with Crippen LogP contribution in [-0.2, 0) is 21.4 Å². The highest BCUT2D eigenvalue weighted by Crippen LogP contribution is 2.55. The lowest BCUT2D eigenvalue weighted by molar-refractivity contribution is -0.136. The first-order valence-corrected chi connectivity index (χ1v) is 13.0. The molecule has 0 unspecified atom stereocenters. The number of benzene rings is 2. The number of anilines is 1.